The van der Waals surface area contributed by atoms with Crippen molar-refractivity contribution in [2.24, 2.45) is 9.98 Å². The number of benzene rings is 1. The predicted octanol–water partition coefficient (Wildman–Crippen LogP) is 1.48. The van der Waals surface area contributed by atoms with Crippen LogP contribution in [0.25, 0.3) is 0 Å². The normalized spacial score (nSPS) is 16.8. The van der Waals surface area contributed by atoms with Gasteiger partial charge in [-0.05, 0) is 18.6 Å². The maximum atomic E-state index is 12.6. The van der Waals surface area contributed by atoms with E-state index in [0.717, 1.165) is 44.8 Å². The molecule has 2 aromatic rings. The Morgan fingerprint density at radius 3 is 2.73 bits per heavy atom. The number of hydrogen-bond acceptors (Lipinski definition) is 12. The molecule has 2 N–H and O–H groups in total. The molecular weight excluding hydrogens is 480 g/mol. The van der Waals surface area contributed by atoms with Gasteiger partial charge in [-0.25, -0.2) is 19.8 Å². The molecule has 0 aliphatic carbocycles. The van der Waals surface area contributed by atoms with E-state index in [1.807, 2.05) is 17.0 Å². The van der Waals surface area contributed by atoms with Gasteiger partial charge in [-0.1, -0.05) is 0 Å². The number of guanidine groups is 1. The third kappa shape index (κ3) is 5.57. The zero-order chi connectivity index (χ0) is 25.6. The molecule has 0 atom stereocenters. The Morgan fingerprint density at radius 2 is 1.97 bits per heavy atom. The summed E-state index contributed by atoms with van der Waals surface area (Å²) in [5.41, 5.74) is 1.35. The number of ether oxygens (including phenoxy) is 4. The van der Waals surface area contributed by atoms with Crippen molar-refractivity contribution in [2.75, 3.05) is 72.0 Å². The first kappa shape index (κ1) is 24.7. The first-order valence-corrected chi connectivity index (χ1v) is 12.2. The number of fused-ring (bicyclic) bond motifs is 3. The average molecular weight is 511 g/mol. The summed E-state index contributed by atoms with van der Waals surface area (Å²) in [7, 11) is 3.28. The lowest BCUT2D eigenvalue weighted by Gasteiger charge is -2.28. The molecule has 0 bridgehead atoms. The van der Waals surface area contributed by atoms with E-state index in [2.05, 4.69) is 30.5 Å². The summed E-state index contributed by atoms with van der Waals surface area (Å²) >= 11 is 0. The summed E-state index contributed by atoms with van der Waals surface area (Å²) in [5.74, 6) is 2.70. The Morgan fingerprint density at radius 1 is 1.16 bits per heavy atom. The van der Waals surface area contributed by atoms with Gasteiger partial charge in [0.2, 0.25) is 11.9 Å². The van der Waals surface area contributed by atoms with Gasteiger partial charge in [-0.2, -0.15) is 0 Å². The number of hydrogen-bond donors (Lipinski definition) is 2. The number of aliphatic imine (C=N–C) groups is 2. The second-order valence-corrected chi connectivity index (χ2v) is 8.45. The van der Waals surface area contributed by atoms with Crippen molar-refractivity contribution in [3.63, 3.8) is 0 Å². The van der Waals surface area contributed by atoms with Gasteiger partial charge >= 0.3 is 6.09 Å². The summed E-state index contributed by atoms with van der Waals surface area (Å²) < 4.78 is 22.5. The topological polar surface area (TPSA) is 135 Å². The van der Waals surface area contributed by atoms with Gasteiger partial charge in [0.25, 0.3) is 0 Å². The zero-order valence-corrected chi connectivity index (χ0v) is 20.9. The van der Waals surface area contributed by atoms with Gasteiger partial charge in [0.15, 0.2) is 17.2 Å². The molecule has 1 fully saturated rings. The molecule has 1 aromatic heterocycles. The average Bonchev–Trinajstić information content (AvgIpc) is 3.43. The summed E-state index contributed by atoms with van der Waals surface area (Å²) in [6, 6.07) is 3.80. The molecule has 196 valence electrons. The van der Waals surface area contributed by atoms with Crippen LogP contribution >= 0.6 is 0 Å². The quantitative estimate of drug-likeness (QED) is 0.503. The van der Waals surface area contributed by atoms with Crippen LogP contribution in [0.15, 0.2) is 34.5 Å². The second-order valence-electron chi connectivity index (χ2n) is 8.45. The first-order valence-electron chi connectivity index (χ1n) is 12.2. The van der Waals surface area contributed by atoms with Crippen molar-refractivity contribution in [1.82, 2.24) is 25.1 Å². The minimum absolute atomic E-state index is 0.203. The summed E-state index contributed by atoms with van der Waals surface area (Å²) in [6.45, 7) is 6.08. The van der Waals surface area contributed by atoms with Crippen LogP contribution in [-0.2, 0) is 4.74 Å². The molecule has 3 aliphatic heterocycles. The summed E-state index contributed by atoms with van der Waals surface area (Å²) in [6.07, 6.45) is 2.97. The number of nitrogens with one attached hydrogen (secondary N) is 2. The standard InChI is InChI=1S/C24H30N8O5/c1-25-22-27-14-16(15-28-22)37-24(33)30-23-29-19-17(21-26-6-8-32(21)23)4-5-18(20(19)34-2)36-11-3-7-31-9-12-35-13-10-31/h4-5,14-15H,3,6-13H2,1-2H3,(H,25,27,28)(H,29,30,33). The zero-order valence-electron chi connectivity index (χ0n) is 20.9. The highest BCUT2D eigenvalue weighted by atomic mass is 16.6. The molecule has 1 aromatic carbocycles. The van der Waals surface area contributed by atoms with Crippen molar-refractivity contribution >= 4 is 29.5 Å². The number of nitrogens with zero attached hydrogens (tertiary/aromatic N) is 6. The number of amides is 1. The van der Waals surface area contributed by atoms with Gasteiger partial charge < -0.3 is 24.3 Å². The lowest BCUT2D eigenvalue weighted by molar-refractivity contribution is 0.0357. The van der Waals surface area contributed by atoms with Gasteiger partial charge in [0, 0.05) is 38.8 Å². The van der Waals surface area contributed by atoms with Crippen molar-refractivity contribution in [1.29, 1.82) is 0 Å². The molecule has 3 aliphatic rings. The van der Waals surface area contributed by atoms with E-state index < -0.39 is 6.09 Å². The van der Waals surface area contributed by atoms with Gasteiger partial charge in [-0.15, -0.1) is 0 Å². The molecule has 13 heteroatoms. The Labute approximate surface area is 214 Å². The number of amidine groups is 1. The number of morpholine rings is 1. The second kappa shape index (κ2) is 11.4. The molecule has 4 heterocycles. The van der Waals surface area contributed by atoms with E-state index in [-0.39, 0.29) is 5.75 Å². The van der Waals surface area contributed by atoms with Crippen LogP contribution in [0, 0.1) is 0 Å². The maximum Gasteiger partial charge on any atom is 0.419 e. The van der Waals surface area contributed by atoms with Crippen LogP contribution in [-0.4, -0.2) is 104 Å². The number of aromatic nitrogens is 2. The molecular formula is C24H30N8O5. The lowest BCUT2D eigenvalue weighted by atomic mass is 10.1. The molecule has 0 saturated carbocycles. The highest BCUT2D eigenvalue weighted by Crippen LogP contribution is 2.43. The Kier molecular flexibility index (Phi) is 7.61. The van der Waals surface area contributed by atoms with E-state index in [1.54, 1.807) is 14.2 Å². The smallest absolute Gasteiger partial charge is 0.419 e. The molecule has 37 heavy (non-hydrogen) atoms. The third-order valence-electron chi connectivity index (χ3n) is 6.11. The van der Waals surface area contributed by atoms with Crippen LogP contribution < -0.4 is 24.8 Å². The van der Waals surface area contributed by atoms with E-state index in [9.17, 15) is 4.79 Å². The minimum atomic E-state index is -0.719. The Hall–Kier alpha value is -3.97. The highest BCUT2D eigenvalue weighted by molar-refractivity contribution is 6.18. The minimum Gasteiger partial charge on any atom is -0.491 e. The Balaban J connectivity index is 1.30. The van der Waals surface area contributed by atoms with E-state index in [4.69, 9.17) is 23.9 Å². The molecule has 0 radical (unpaired) electrons. The fraction of sp³-hybridized carbons (Fsp3) is 0.458. The monoisotopic (exact) mass is 510 g/mol. The van der Waals surface area contributed by atoms with Crippen molar-refractivity contribution in [2.45, 2.75) is 6.42 Å². The largest absolute Gasteiger partial charge is 0.491 e. The third-order valence-corrected chi connectivity index (χ3v) is 6.11. The summed E-state index contributed by atoms with van der Waals surface area (Å²) in [5, 5.41) is 5.53. The number of rotatable bonds is 8. The van der Waals surface area contributed by atoms with Crippen LogP contribution in [0.5, 0.6) is 17.2 Å². The fourth-order valence-corrected chi connectivity index (χ4v) is 4.32. The molecule has 1 saturated heterocycles. The first-order chi connectivity index (χ1) is 18.2. The van der Waals surface area contributed by atoms with Crippen molar-refractivity contribution < 1.29 is 23.7 Å². The van der Waals surface area contributed by atoms with Crippen LogP contribution in [0.4, 0.5) is 16.4 Å². The number of methoxy groups -OCH3 is 1. The fourth-order valence-electron chi connectivity index (χ4n) is 4.32. The van der Waals surface area contributed by atoms with Crippen LogP contribution in [0.3, 0.4) is 0 Å². The molecule has 1 amide bonds. The Bertz CT molecular complexity index is 1180. The van der Waals surface area contributed by atoms with Crippen molar-refractivity contribution in [3.05, 3.63) is 30.1 Å². The van der Waals surface area contributed by atoms with Crippen LogP contribution in [0.1, 0.15) is 12.0 Å². The SMILES string of the molecule is CNc1ncc(OC(=O)NC2=Nc3c(ccc(OCCCN4CCOCC4)c3OC)C3=NCCN23)cn1. The number of carbonyl (C=O) groups excluding carboxylic acids is 1. The predicted molar refractivity (Wildman–Crippen MR) is 136 cm³/mol. The maximum absolute atomic E-state index is 12.6. The number of carbonyl (C=O) groups is 1. The van der Waals surface area contributed by atoms with Crippen molar-refractivity contribution in [3.8, 4) is 17.2 Å². The summed E-state index contributed by atoms with van der Waals surface area (Å²) in [4.78, 5) is 34.3. The van der Waals surface area contributed by atoms with E-state index in [1.165, 1.54) is 12.4 Å². The van der Waals surface area contributed by atoms with Gasteiger partial charge in [0.05, 0.1) is 45.9 Å². The molecule has 0 spiro atoms. The molecule has 0 unspecified atom stereocenters. The highest BCUT2D eigenvalue weighted by Gasteiger charge is 2.33. The van der Waals surface area contributed by atoms with Gasteiger partial charge in [-0.3, -0.25) is 20.1 Å². The van der Waals surface area contributed by atoms with Gasteiger partial charge in [0.1, 0.15) is 11.5 Å². The number of anilines is 1. The lowest BCUT2D eigenvalue weighted by Crippen LogP contribution is -2.48. The van der Waals surface area contributed by atoms with E-state index >= 15 is 0 Å². The van der Waals surface area contributed by atoms with E-state index in [0.29, 0.717) is 54.6 Å². The molecule has 5 rings (SSSR count). The molecule has 13 nitrogen and oxygen atoms in total. The van der Waals surface area contributed by atoms with Crippen LogP contribution in [0.2, 0.25) is 0 Å².